The van der Waals surface area contributed by atoms with Gasteiger partial charge in [-0.2, -0.15) is 0 Å². The van der Waals surface area contributed by atoms with E-state index < -0.39 is 193 Å². The monoisotopic (exact) mass is 568 g/mol. The minimum Gasteiger partial charge on any atom is -0.455 e. The fourth-order valence-electron chi connectivity index (χ4n) is 5.42. The molecule has 200 valence electrons. The van der Waals surface area contributed by atoms with E-state index >= 15 is 0 Å². The van der Waals surface area contributed by atoms with Crippen LogP contribution in [0.25, 0.3) is 87.6 Å². The van der Waals surface area contributed by atoms with Gasteiger partial charge in [-0.05, 0) is 60.6 Å². The highest BCUT2D eigenvalue weighted by atomic mass is 16.3. The van der Waals surface area contributed by atoms with E-state index in [0.717, 1.165) is 0 Å². The summed E-state index contributed by atoms with van der Waals surface area (Å²) in [5.74, 6) is 0. The van der Waals surface area contributed by atoms with Crippen LogP contribution in [0, 0.1) is 0 Å². The van der Waals surface area contributed by atoms with E-state index in [9.17, 15) is 12.3 Å². The van der Waals surface area contributed by atoms with E-state index in [2.05, 4.69) is 0 Å². The fourth-order valence-corrected chi connectivity index (χ4v) is 5.42. The maximum Gasteiger partial charge on any atom is 0.143 e. The summed E-state index contributed by atoms with van der Waals surface area (Å²) in [6.45, 7) is 0. The fraction of sp³-hybridized carbons (Fsp3) is 0. The summed E-state index contributed by atoms with van der Waals surface area (Å²) in [5, 5.41) is -2.98. The van der Waals surface area contributed by atoms with Crippen LogP contribution in [0.5, 0.6) is 0 Å². The Morgan fingerprint density at radius 1 is 0.395 bits per heavy atom. The van der Waals surface area contributed by atoms with Gasteiger partial charge < -0.3 is 4.42 Å². The van der Waals surface area contributed by atoms with Crippen LogP contribution < -0.4 is 0 Å². The number of hydrogen-bond acceptors (Lipinski definition) is 1. The highest BCUT2D eigenvalue weighted by Crippen LogP contribution is 2.46. The first kappa shape index (κ1) is 10.9. The first-order chi connectivity index (χ1) is 30.5. The standard InChI is InChI=1S/C42H26O/c1-2-13-30-27(11-1)12-9-19-31(30)28-23-25-29(26-24-28)40-33-15-3-5-17-35(33)41(36-18-6-4-16-34(36)40)38-21-10-20-37-32-14-7-8-22-39(32)43-42(37)38/h1-26H/i1D,2D,3D,4D,5D,6D,9D,10D,11D,12D,13D,15D,16D,17D,18D,19D,20D,21D,23D,24D,25D,26D. The van der Waals surface area contributed by atoms with Crippen molar-refractivity contribution in [2.24, 2.45) is 0 Å². The molecule has 8 aromatic carbocycles. The summed E-state index contributed by atoms with van der Waals surface area (Å²) < 4.78 is 203. The summed E-state index contributed by atoms with van der Waals surface area (Å²) in [6, 6.07) is -12.0. The van der Waals surface area contributed by atoms with Crippen LogP contribution in [0.3, 0.4) is 0 Å². The van der Waals surface area contributed by atoms with Crippen molar-refractivity contribution in [3.63, 3.8) is 0 Å². The van der Waals surface area contributed by atoms with Gasteiger partial charge in [0, 0.05) is 21.9 Å². The number of furan rings is 1. The number of para-hydroxylation sites is 2. The molecule has 43 heavy (non-hydrogen) atoms. The molecule has 1 aromatic heterocycles. The smallest absolute Gasteiger partial charge is 0.143 e. The van der Waals surface area contributed by atoms with Gasteiger partial charge >= 0.3 is 0 Å². The number of rotatable bonds is 3. The lowest BCUT2D eigenvalue weighted by Gasteiger charge is -2.18. The van der Waals surface area contributed by atoms with E-state index in [1.54, 1.807) is 24.3 Å². The van der Waals surface area contributed by atoms with E-state index in [4.69, 9.17) is 22.2 Å². The summed E-state index contributed by atoms with van der Waals surface area (Å²) in [6.07, 6.45) is 0. The highest BCUT2D eigenvalue weighted by molar-refractivity contribution is 6.24. The van der Waals surface area contributed by atoms with Crippen LogP contribution in [0.15, 0.2) is 162 Å². The van der Waals surface area contributed by atoms with Crippen molar-refractivity contribution in [3.05, 3.63) is 157 Å². The molecule has 0 fully saturated rings. The van der Waals surface area contributed by atoms with Gasteiger partial charge in [0.05, 0.1) is 30.2 Å². The largest absolute Gasteiger partial charge is 0.455 e. The average molecular weight is 569 g/mol. The Balaban J connectivity index is 1.57. The number of hydrogen-bond donors (Lipinski definition) is 0. The molecule has 0 amide bonds. The molecular weight excluding hydrogens is 520 g/mol. The third-order valence-electron chi connectivity index (χ3n) is 7.26. The maximum absolute atomic E-state index is 9.51. The molecule has 9 aromatic rings. The Labute approximate surface area is 280 Å². The van der Waals surface area contributed by atoms with Crippen molar-refractivity contribution >= 4 is 54.3 Å². The summed E-state index contributed by atoms with van der Waals surface area (Å²) in [7, 11) is 0. The lowest BCUT2D eigenvalue weighted by Crippen LogP contribution is -1.91. The van der Waals surface area contributed by atoms with Crippen molar-refractivity contribution in [1.29, 1.82) is 0 Å². The Morgan fingerprint density at radius 3 is 1.67 bits per heavy atom. The lowest BCUT2D eigenvalue weighted by atomic mass is 9.85. The van der Waals surface area contributed by atoms with Crippen LogP contribution in [0.1, 0.15) is 30.2 Å². The molecule has 0 saturated carbocycles. The van der Waals surface area contributed by atoms with E-state index in [-0.39, 0.29) is 22.1 Å². The van der Waals surface area contributed by atoms with E-state index in [1.165, 1.54) is 0 Å². The molecule has 9 rings (SSSR count). The van der Waals surface area contributed by atoms with Crippen LogP contribution >= 0.6 is 0 Å². The molecule has 0 aliphatic carbocycles. The Bertz CT molecular complexity index is 3620. The highest BCUT2D eigenvalue weighted by Gasteiger charge is 2.20. The van der Waals surface area contributed by atoms with Gasteiger partial charge in [-0.3, -0.25) is 0 Å². The molecule has 0 saturated heterocycles. The molecule has 0 unspecified atom stereocenters. The number of fused-ring (bicyclic) bond motifs is 6. The van der Waals surface area contributed by atoms with Crippen molar-refractivity contribution in [1.82, 2.24) is 0 Å². The molecule has 0 aliphatic rings. The topological polar surface area (TPSA) is 13.1 Å². The average Bonchev–Trinajstić information content (AvgIpc) is 3.67. The van der Waals surface area contributed by atoms with Crippen LogP contribution in [-0.2, 0) is 0 Å². The Morgan fingerprint density at radius 2 is 0.930 bits per heavy atom. The summed E-state index contributed by atoms with van der Waals surface area (Å²) in [4.78, 5) is 0. The van der Waals surface area contributed by atoms with Crippen LogP contribution in [0.2, 0.25) is 0 Å². The molecule has 0 aliphatic heterocycles. The molecule has 1 nitrogen and oxygen atoms in total. The molecule has 0 radical (unpaired) electrons. The zero-order valence-electron chi connectivity index (χ0n) is 43.7. The molecule has 0 spiro atoms. The van der Waals surface area contributed by atoms with E-state index in [0.29, 0.717) is 5.39 Å². The number of benzene rings is 8. The lowest BCUT2D eigenvalue weighted by molar-refractivity contribution is 0.670. The second-order valence-electron chi connectivity index (χ2n) is 9.55. The zero-order chi connectivity index (χ0) is 47.5. The van der Waals surface area contributed by atoms with Gasteiger partial charge in [-0.25, -0.2) is 0 Å². The SMILES string of the molecule is [2H]c1c([2H])c(-c2c3c([2H])c([2H])c([2H])c([2H])c3c(-c3c([2H])c([2H])c([2H])c4c3oc3ccccc34)c3c([2H])c([2H])c([2H])c([2H])c23)c([2H])c([2H])c1-c1c([2H])c([2H])c([2H])c2c([2H])c([2H])c([2H])c([2H])c12. The normalized spacial score (nSPS) is 18.9. The van der Waals surface area contributed by atoms with Crippen molar-refractivity contribution in [3.8, 4) is 33.4 Å². The molecule has 1 heteroatoms. The maximum atomic E-state index is 9.51. The Hall–Kier alpha value is -5.66. The molecule has 1 heterocycles. The first-order valence-electron chi connectivity index (χ1n) is 24.0. The molecular formula is C42H26O. The van der Waals surface area contributed by atoms with Crippen molar-refractivity contribution < 1.29 is 34.6 Å². The van der Waals surface area contributed by atoms with Gasteiger partial charge in [0.25, 0.3) is 0 Å². The Kier molecular flexibility index (Phi) is 2.39. The van der Waals surface area contributed by atoms with Gasteiger partial charge in [-0.1, -0.05) is 151 Å². The predicted octanol–water partition coefficient (Wildman–Crippen LogP) is 12.0. The summed E-state index contributed by atoms with van der Waals surface area (Å²) >= 11 is 0. The zero-order valence-corrected chi connectivity index (χ0v) is 21.7. The quantitative estimate of drug-likeness (QED) is 0.193. The van der Waals surface area contributed by atoms with Crippen LogP contribution in [0.4, 0.5) is 0 Å². The third-order valence-corrected chi connectivity index (χ3v) is 7.26. The second-order valence-corrected chi connectivity index (χ2v) is 9.55. The third kappa shape index (κ3) is 3.65. The predicted molar refractivity (Wildman–Crippen MR) is 183 cm³/mol. The van der Waals surface area contributed by atoms with Gasteiger partial charge in [0.2, 0.25) is 0 Å². The van der Waals surface area contributed by atoms with Gasteiger partial charge in [-0.15, -0.1) is 0 Å². The van der Waals surface area contributed by atoms with Crippen LogP contribution in [-0.4, -0.2) is 0 Å². The molecule has 0 N–H and O–H groups in total. The van der Waals surface area contributed by atoms with Gasteiger partial charge in [0.1, 0.15) is 11.2 Å². The first-order valence-corrected chi connectivity index (χ1v) is 13.0. The minimum atomic E-state index is -1.00. The van der Waals surface area contributed by atoms with Gasteiger partial charge in [0.15, 0.2) is 0 Å². The second kappa shape index (κ2) is 9.44. The van der Waals surface area contributed by atoms with Crippen molar-refractivity contribution in [2.75, 3.05) is 0 Å². The molecule has 0 atom stereocenters. The summed E-state index contributed by atoms with van der Waals surface area (Å²) in [5.41, 5.74) is -3.64. The van der Waals surface area contributed by atoms with E-state index in [1.807, 2.05) is 0 Å². The minimum absolute atomic E-state index is 0.0132. The van der Waals surface area contributed by atoms with Crippen molar-refractivity contribution in [2.45, 2.75) is 0 Å². The molecule has 0 bridgehead atoms.